The number of benzene rings is 9. The van der Waals surface area contributed by atoms with Crippen molar-refractivity contribution in [3.05, 3.63) is 210 Å². The van der Waals surface area contributed by atoms with E-state index in [1.807, 2.05) is 6.07 Å². The van der Waals surface area contributed by atoms with Crippen molar-refractivity contribution in [2.75, 3.05) is 4.90 Å². The van der Waals surface area contributed by atoms with E-state index in [1.54, 1.807) is 0 Å². The van der Waals surface area contributed by atoms with Crippen LogP contribution in [0, 0.1) is 0 Å². The SMILES string of the molecule is CCc1ccc2cccc3c2c1C1(c2ccccc2-c2ccc(N(c4ccc5oc6ccccc6c5c4)c4cccc5ccccc45)cc21)c1ccccc1-3. The Morgan fingerprint density at radius 2 is 1.07 bits per heavy atom. The number of rotatable bonds is 4. The molecule has 0 aliphatic heterocycles. The molecule has 0 amide bonds. The first-order valence-electron chi connectivity index (χ1n) is 19.3. The van der Waals surface area contributed by atoms with Crippen LogP contribution < -0.4 is 4.90 Å². The lowest BCUT2D eigenvalue weighted by molar-refractivity contribution is 0.669. The van der Waals surface area contributed by atoms with Gasteiger partial charge in [0.25, 0.3) is 0 Å². The highest BCUT2D eigenvalue weighted by atomic mass is 16.3. The van der Waals surface area contributed by atoms with E-state index < -0.39 is 5.41 Å². The lowest BCUT2D eigenvalue weighted by Gasteiger charge is -2.41. The summed E-state index contributed by atoms with van der Waals surface area (Å²) in [6.45, 7) is 2.31. The van der Waals surface area contributed by atoms with Crippen LogP contribution in [-0.4, -0.2) is 0 Å². The third-order valence-electron chi connectivity index (χ3n) is 12.4. The summed E-state index contributed by atoms with van der Waals surface area (Å²) in [6.07, 6.45) is 0.946. The molecule has 2 heteroatoms. The summed E-state index contributed by atoms with van der Waals surface area (Å²) in [5.74, 6) is 0. The molecule has 0 fully saturated rings. The van der Waals surface area contributed by atoms with Gasteiger partial charge >= 0.3 is 0 Å². The molecule has 2 aliphatic carbocycles. The monoisotopic (exact) mass is 701 g/mol. The van der Waals surface area contributed by atoms with E-state index in [0.29, 0.717) is 0 Å². The van der Waals surface area contributed by atoms with Gasteiger partial charge in [0.15, 0.2) is 0 Å². The zero-order valence-electron chi connectivity index (χ0n) is 30.4. The van der Waals surface area contributed by atoms with Crippen molar-refractivity contribution in [1.29, 1.82) is 0 Å². The predicted octanol–water partition coefficient (Wildman–Crippen LogP) is 14.3. The fourth-order valence-corrected chi connectivity index (χ4v) is 10.2. The van der Waals surface area contributed by atoms with Gasteiger partial charge in [-0.25, -0.2) is 0 Å². The standard InChI is InChI=1S/C53H35NO/c1-2-33-25-26-35-15-11-20-43-40-18-6-9-22-46(40)53(52(33)51(35)43)45-21-8-5-17-39(45)41-29-27-37(32-47(41)53)54(48-23-12-14-34-13-3-4-16-38(34)48)36-28-30-50-44(31-36)42-19-7-10-24-49(42)55-50/h3-32H,2H2,1H3. The summed E-state index contributed by atoms with van der Waals surface area (Å²) in [5, 5.41) is 7.31. The van der Waals surface area contributed by atoms with Crippen molar-refractivity contribution in [2.24, 2.45) is 0 Å². The van der Waals surface area contributed by atoms with Gasteiger partial charge in [0, 0.05) is 27.5 Å². The van der Waals surface area contributed by atoms with Gasteiger partial charge in [-0.2, -0.15) is 0 Å². The molecular formula is C53H35NO. The normalized spacial score (nSPS) is 15.1. The second kappa shape index (κ2) is 11.3. The number of nitrogens with zero attached hydrogens (tertiary/aromatic N) is 1. The number of para-hydroxylation sites is 1. The first-order chi connectivity index (χ1) is 27.2. The Morgan fingerprint density at radius 3 is 1.93 bits per heavy atom. The van der Waals surface area contributed by atoms with Crippen LogP contribution in [0.25, 0.3) is 65.7 Å². The molecule has 1 heterocycles. The molecule has 258 valence electrons. The molecule has 10 aromatic rings. The number of hydrogen-bond donors (Lipinski definition) is 0. The largest absolute Gasteiger partial charge is 0.456 e. The molecule has 1 atom stereocenters. The molecule has 1 spiro atoms. The first kappa shape index (κ1) is 30.6. The maximum absolute atomic E-state index is 6.33. The van der Waals surface area contributed by atoms with E-state index in [0.717, 1.165) is 45.4 Å². The summed E-state index contributed by atoms with van der Waals surface area (Å²) in [6, 6.07) is 67.5. The Hall–Kier alpha value is -6.90. The average molecular weight is 702 g/mol. The zero-order valence-corrected chi connectivity index (χ0v) is 30.4. The Kier molecular flexibility index (Phi) is 6.28. The summed E-state index contributed by atoms with van der Waals surface area (Å²) in [7, 11) is 0. The van der Waals surface area contributed by atoms with Gasteiger partial charge in [-0.1, -0.05) is 146 Å². The second-order valence-corrected chi connectivity index (χ2v) is 15.0. The molecular weight excluding hydrogens is 667 g/mol. The highest BCUT2D eigenvalue weighted by Gasteiger charge is 2.51. The van der Waals surface area contributed by atoms with Crippen LogP contribution in [0.1, 0.15) is 34.7 Å². The van der Waals surface area contributed by atoms with Gasteiger partial charge in [-0.05, 0) is 115 Å². The molecule has 0 N–H and O–H groups in total. The molecule has 0 saturated heterocycles. The molecule has 0 saturated carbocycles. The Bertz CT molecular complexity index is 3220. The number of aryl methyl sites for hydroxylation is 1. The third kappa shape index (κ3) is 4.03. The van der Waals surface area contributed by atoms with Crippen molar-refractivity contribution >= 4 is 60.5 Å². The van der Waals surface area contributed by atoms with Crippen LogP contribution in [0.4, 0.5) is 17.1 Å². The van der Waals surface area contributed by atoms with Crippen LogP contribution in [-0.2, 0) is 11.8 Å². The van der Waals surface area contributed by atoms with E-state index in [2.05, 4.69) is 188 Å². The summed E-state index contributed by atoms with van der Waals surface area (Å²) in [4.78, 5) is 2.46. The third-order valence-corrected chi connectivity index (χ3v) is 12.4. The molecule has 0 bridgehead atoms. The average Bonchev–Trinajstić information content (AvgIpc) is 3.76. The van der Waals surface area contributed by atoms with Crippen molar-refractivity contribution < 1.29 is 4.42 Å². The van der Waals surface area contributed by atoms with Crippen LogP contribution in [0.15, 0.2) is 186 Å². The summed E-state index contributed by atoms with van der Waals surface area (Å²) < 4.78 is 6.33. The highest BCUT2D eigenvalue weighted by Crippen LogP contribution is 2.63. The van der Waals surface area contributed by atoms with Gasteiger partial charge in [0.05, 0.1) is 11.1 Å². The number of fused-ring (bicyclic) bond motifs is 13. The van der Waals surface area contributed by atoms with Crippen molar-refractivity contribution in [3.63, 3.8) is 0 Å². The molecule has 1 unspecified atom stereocenters. The number of anilines is 3. The maximum atomic E-state index is 6.33. The van der Waals surface area contributed by atoms with E-state index in [9.17, 15) is 0 Å². The van der Waals surface area contributed by atoms with Crippen LogP contribution in [0.2, 0.25) is 0 Å². The van der Waals surface area contributed by atoms with E-state index in [4.69, 9.17) is 4.42 Å². The minimum atomic E-state index is -0.507. The molecule has 55 heavy (non-hydrogen) atoms. The fourth-order valence-electron chi connectivity index (χ4n) is 10.2. The fraction of sp³-hybridized carbons (Fsp3) is 0.0566. The Morgan fingerprint density at radius 1 is 0.455 bits per heavy atom. The summed E-state index contributed by atoms with van der Waals surface area (Å²) in [5.41, 5.74) is 16.7. The first-order valence-corrected chi connectivity index (χ1v) is 19.3. The number of hydrogen-bond acceptors (Lipinski definition) is 2. The minimum Gasteiger partial charge on any atom is -0.456 e. The van der Waals surface area contributed by atoms with Crippen molar-refractivity contribution in [1.82, 2.24) is 0 Å². The zero-order chi connectivity index (χ0) is 36.3. The van der Waals surface area contributed by atoms with Gasteiger partial charge in [-0.3, -0.25) is 0 Å². The maximum Gasteiger partial charge on any atom is 0.135 e. The molecule has 2 aliphatic rings. The predicted molar refractivity (Wildman–Crippen MR) is 229 cm³/mol. The van der Waals surface area contributed by atoms with E-state index >= 15 is 0 Å². The smallest absolute Gasteiger partial charge is 0.135 e. The minimum absolute atomic E-state index is 0.507. The van der Waals surface area contributed by atoms with E-state index in [-0.39, 0.29) is 0 Å². The lowest BCUT2D eigenvalue weighted by Crippen LogP contribution is -2.33. The molecule has 12 rings (SSSR count). The lowest BCUT2D eigenvalue weighted by atomic mass is 9.60. The summed E-state index contributed by atoms with van der Waals surface area (Å²) >= 11 is 0. The van der Waals surface area contributed by atoms with Gasteiger partial charge in [-0.15, -0.1) is 0 Å². The van der Waals surface area contributed by atoms with E-state index in [1.165, 1.54) is 71.6 Å². The van der Waals surface area contributed by atoms with Crippen LogP contribution in [0.3, 0.4) is 0 Å². The van der Waals surface area contributed by atoms with Crippen LogP contribution in [0.5, 0.6) is 0 Å². The molecule has 0 radical (unpaired) electrons. The highest BCUT2D eigenvalue weighted by molar-refractivity contribution is 6.09. The van der Waals surface area contributed by atoms with Gasteiger partial charge in [0.1, 0.15) is 11.2 Å². The van der Waals surface area contributed by atoms with Crippen LogP contribution >= 0.6 is 0 Å². The quantitative estimate of drug-likeness (QED) is 0.182. The molecule has 9 aromatic carbocycles. The Balaban J connectivity index is 1.21. The Labute approximate surface area is 319 Å². The number of furan rings is 1. The second-order valence-electron chi connectivity index (χ2n) is 15.0. The van der Waals surface area contributed by atoms with Gasteiger partial charge < -0.3 is 9.32 Å². The van der Waals surface area contributed by atoms with Crippen molar-refractivity contribution in [2.45, 2.75) is 18.8 Å². The van der Waals surface area contributed by atoms with Crippen molar-refractivity contribution in [3.8, 4) is 22.3 Å². The topological polar surface area (TPSA) is 16.4 Å². The van der Waals surface area contributed by atoms with Gasteiger partial charge in [0.2, 0.25) is 0 Å². The molecule has 2 nitrogen and oxygen atoms in total. The molecule has 1 aromatic heterocycles.